The van der Waals surface area contributed by atoms with Crippen molar-refractivity contribution in [2.45, 2.75) is 19.8 Å². The molecule has 0 spiro atoms. The number of anilines is 1. The minimum Gasteiger partial charge on any atom is -0.493 e. The Hall–Kier alpha value is -1.52. The number of nitrogens with one attached hydrogen (secondary N) is 1. The number of hydrogen-bond acceptors (Lipinski definition) is 7. The Kier molecular flexibility index (Phi) is 6.48. The van der Waals surface area contributed by atoms with E-state index in [-0.39, 0.29) is 11.5 Å². The first kappa shape index (κ1) is 17.8. The number of nitrogens with zero attached hydrogens (tertiary/aromatic N) is 2. The predicted molar refractivity (Wildman–Crippen MR) is 85.3 cm³/mol. The molecule has 1 N–H and O–H groups in total. The van der Waals surface area contributed by atoms with Gasteiger partial charge in [-0.25, -0.2) is 4.98 Å². The van der Waals surface area contributed by atoms with Crippen molar-refractivity contribution in [3.05, 3.63) is 28.0 Å². The maximum atomic E-state index is 12.4. The molecular weight excluding hydrogens is 396 g/mol. The zero-order valence-electron chi connectivity index (χ0n) is 12.3. The smallest absolute Gasteiger partial charge is 0.387 e. The quantitative estimate of drug-likeness (QED) is 0.717. The van der Waals surface area contributed by atoms with Crippen LogP contribution in [-0.4, -0.2) is 30.2 Å². The van der Waals surface area contributed by atoms with Crippen LogP contribution in [0, 0.1) is 0 Å². The first-order valence-electron chi connectivity index (χ1n) is 6.40. The largest absolute Gasteiger partial charge is 0.493 e. The van der Waals surface area contributed by atoms with Crippen LogP contribution >= 0.6 is 27.5 Å². The van der Waals surface area contributed by atoms with Crippen molar-refractivity contribution >= 4 is 32.6 Å². The van der Waals surface area contributed by atoms with Gasteiger partial charge in [0.1, 0.15) is 6.61 Å². The van der Waals surface area contributed by atoms with E-state index < -0.39 is 6.61 Å². The Morgan fingerprint density at radius 2 is 2.13 bits per heavy atom. The van der Waals surface area contributed by atoms with Gasteiger partial charge in [0.25, 0.3) is 0 Å². The van der Waals surface area contributed by atoms with Crippen molar-refractivity contribution in [3.8, 4) is 11.5 Å². The summed E-state index contributed by atoms with van der Waals surface area (Å²) in [4.78, 5) is 4.24. The van der Waals surface area contributed by atoms with Crippen LogP contribution < -0.4 is 14.8 Å². The minimum absolute atomic E-state index is 0.0375. The number of methoxy groups -OCH3 is 2. The SMILES string of the molecule is COCc1nsc(NCc2cc(Br)c(OC(F)F)c(OC)c2)n1. The van der Waals surface area contributed by atoms with E-state index in [1.54, 1.807) is 19.2 Å². The maximum absolute atomic E-state index is 12.4. The van der Waals surface area contributed by atoms with Gasteiger partial charge in [0, 0.05) is 25.2 Å². The van der Waals surface area contributed by atoms with E-state index in [9.17, 15) is 8.78 Å². The molecule has 0 saturated carbocycles. The molecule has 2 aromatic rings. The molecule has 1 aromatic carbocycles. The highest BCUT2D eigenvalue weighted by Gasteiger charge is 2.16. The van der Waals surface area contributed by atoms with Crippen LogP contribution in [0.4, 0.5) is 13.9 Å². The molecule has 2 rings (SSSR count). The van der Waals surface area contributed by atoms with E-state index in [1.807, 2.05) is 0 Å². The van der Waals surface area contributed by atoms with Crippen LogP contribution in [0.15, 0.2) is 16.6 Å². The van der Waals surface area contributed by atoms with Gasteiger partial charge in [0.15, 0.2) is 17.3 Å². The summed E-state index contributed by atoms with van der Waals surface area (Å²) in [6.07, 6.45) is 0. The fourth-order valence-corrected chi connectivity index (χ4v) is 2.92. The van der Waals surface area contributed by atoms with Crippen LogP contribution in [0.5, 0.6) is 11.5 Å². The van der Waals surface area contributed by atoms with Crippen LogP contribution in [-0.2, 0) is 17.9 Å². The zero-order valence-corrected chi connectivity index (χ0v) is 14.7. The van der Waals surface area contributed by atoms with E-state index in [0.717, 1.165) is 5.56 Å². The number of hydrogen-bond donors (Lipinski definition) is 1. The molecule has 126 valence electrons. The third-order valence-corrected chi connectivity index (χ3v) is 3.98. The standard InChI is InChI=1S/C13H14BrF2N3O3S/c1-20-6-10-18-13(23-19-10)17-5-7-3-8(14)11(22-12(15)16)9(4-7)21-2/h3-4,12H,5-6H2,1-2H3,(H,17,18,19). The second-order valence-corrected chi connectivity index (χ2v) is 5.90. The van der Waals surface area contributed by atoms with Gasteiger partial charge in [-0.15, -0.1) is 0 Å². The molecule has 0 aliphatic heterocycles. The van der Waals surface area contributed by atoms with Gasteiger partial charge in [-0.2, -0.15) is 13.2 Å². The lowest BCUT2D eigenvalue weighted by Crippen LogP contribution is -2.06. The van der Waals surface area contributed by atoms with Gasteiger partial charge in [0.05, 0.1) is 11.6 Å². The van der Waals surface area contributed by atoms with Crippen molar-refractivity contribution in [1.82, 2.24) is 9.36 Å². The predicted octanol–water partition coefficient (Wildman–Crippen LogP) is 3.67. The number of ether oxygens (including phenoxy) is 3. The van der Waals surface area contributed by atoms with E-state index in [1.165, 1.54) is 18.6 Å². The summed E-state index contributed by atoms with van der Waals surface area (Å²) < 4.78 is 43.8. The summed E-state index contributed by atoms with van der Waals surface area (Å²) in [6.45, 7) is -2.16. The summed E-state index contributed by atoms with van der Waals surface area (Å²) in [6, 6.07) is 3.29. The lowest BCUT2D eigenvalue weighted by molar-refractivity contribution is -0.0517. The molecule has 0 aliphatic carbocycles. The Morgan fingerprint density at radius 3 is 2.78 bits per heavy atom. The summed E-state index contributed by atoms with van der Waals surface area (Å²) in [5.74, 6) is 0.776. The number of halogens is 3. The fourth-order valence-electron chi connectivity index (χ4n) is 1.77. The van der Waals surface area contributed by atoms with Crippen molar-refractivity contribution < 1.29 is 23.0 Å². The minimum atomic E-state index is -2.93. The van der Waals surface area contributed by atoms with E-state index in [4.69, 9.17) is 9.47 Å². The molecule has 0 radical (unpaired) electrons. The third-order valence-electron chi connectivity index (χ3n) is 2.68. The van der Waals surface area contributed by atoms with Gasteiger partial charge in [-0.3, -0.25) is 0 Å². The molecule has 0 unspecified atom stereocenters. The second-order valence-electron chi connectivity index (χ2n) is 4.29. The molecule has 0 aliphatic rings. The molecule has 1 heterocycles. The van der Waals surface area contributed by atoms with Crippen LogP contribution in [0.3, 0.4) is 0 Å². The average Bonchev–Trinajstić information content (AvgIpc) is 2.95. The molecule has 0 fully saturated rings. The molecule has 6 nitrogen and oxygen atoms in total. The highest BCUT2D eigenvalue weighted by molar-refractivity contribution is 9.10. The fraction of sp³-hybridized carbons (Fsp3) is 0.385. The lowest BCUT2D eigenvalue weighted by Gasteiger charge is -2.13. The van der Waals surface area contributed by atoms with E-state index >= 15 is 0 Å². The van der Waals surface area contributed by atoms with E-state index in [2.05, 4.69) is 35.3 Å². The van der Waals surface area contributed by atoms with Crippen molar-refractivity contribution in [2.24, 2.45) is 0 Å². The Balaban J connectivity index is 2.08. The Morgan fingerprint density at radius 1 is 1.35 bits per heavy atom. The topological polar surface area (TPSA) is 65.5 Å². The molecular formula is C13H14BrF2N3O3S. The third kappa shape index (κ3) is 4.98. The number of alkyl halides is 2. The van der Waals surface area contributed by atoms with Gasteiger partial charge in [-0.1, -0.05) is 0 Å². The summed E-state index contributed by atoms with van der Waals surface area (Å²) >= 11 is 4.43. The van der Waals surface area contributed by atoms with Gasteiger partial charge >= 0.3 is 6.61 Å². The molecule has 10 heteroatoms. The molecule has 0 amide bonds. The van der Waals surface area contributed by atoms with Gasteiger partial charge in [-0.05, 0) is 33.6 Å². The number of aromatic nitrogens is 2. The van der Waals surface area contributed by atoms with Gasteiger partial charge in [0.2, 0.25) is 5.13 Å². The molecule has 0 atom stereocenters. The van der Waals surface area contributed by atoms with E-state index in [0.29, 0.717) is 28.6 Å². The van der Waals surface area contributed by atoms with Crippen molar-refractivity contribution in [3.63, 3.8) is 0 Å². The maximum Gasteiger partial charge on any atom is 0.387 e. The first-order valence-corrected chi connectivity index (χ1v) is 7.96. The van der Waals surface area contributed by atoms with Crippen LogP contribution in [0.1, 0.15) is 11.4 Å². The second kappa shape index (κ2) is 8.37. The molecule has 23 heavy (non-hydrogen) atoms. The average molecular weight is 410 g/mol. The first-order chi connectivity index (χ1) is 11.0. The molecule has 1 aromatic heterocycles. The Bertz CT molecular complexity index is 657. The summed E-state index contributed by atoms with van der Waals surface area (Å²) in [5.41, 5.74) is 0.804. The Labute approximate surface area is 144 Å². The lowest BCUT2D eigenvalue weighted by atomic mass is 10.2. The number of benzene rings is 1. The van der Waals surface area contributed by atoms with Crippen LogP contribution in [0.2, 0.25) is 0 Å². The highest BCUT2D eigenvalue weighted by Crippen LogP contribution is 2.37. The highest BCUT2D eigenvalue weighted by atomic mass is 79.9. The number of rotatable bonds is 8. The summed E-state index contributed by atoms with van der Waals surface area (Å²) in [5, 5.41) is 3.74. The summed E-state index contributed by atoms with van der Waals surface area (Å²) in [7, 11) is 2.96. The molecule has 0 bridgehead atoms. The van der Waals surface area contributed by atoms with Crippen molar-refractivity contribution in [1.29, 1.82) is 0 Å². The molecule has 0 saturated heterocycles. The van der Waals surface area contributed by atoms with Gasteiger partial charge < -0.3 is 19.5 Å². The zero-order chi connectivity index (χ0) is 16.8. The van der Waals surface area contributed by atoms with Crippen molar-refractivity contribution in [2.75, 3.05) is 19.5 Å². The normalized spacial score (nSPS) is 10.9. The van der Waals surface area contributed by atoms with Crippen LogP contribution in [0.25, 0.3) is 0 Å². The monoisotopic (exact) mass is 409 g/mol.